The lowest BCUT2D eigenvalue weighted by Crippen LogP contribution is -2.25. The van der Waals surface area contributed by atoms with Crippen molar-refractivity contribution < 1.29 is 4.74 Å². The van der Waals surface area contributed by atoms with Gasteiger partial charge < -0.3 is 10.5 Å². The Morgan fingerprint density at radius 3 is 2.79 bits per heavy atom. The zero-order chi connectivity index (χ0) is 16.5. The Labute approximate surface area is 140 Å². The minimum Gasteiger partial charge on any atom is -0.420 e. The zero-order valence-electron chi connectivity index (χ0n) is 13.2. The fourth-order valence-electron chi connectivity index (χ4n) is 3.70. The van der Waals surface area contributed by atoms with Gasteiger partial charge in [0.05, 0.1) is 16.8 Å². The van der Waals surface area contributed by atoms with Crippen molar-refractivity contribution in [2.24, 2.45) is 11.7 Å². The summed E-state index contributed by atoms with van der Waals surface area (Å²) >= 11 is 0. The van der Waals surface area contributed by atoms with Gasteiger partial charge in [-0.05, 0) is 30.7 Å². The van der Waals surface area contributed by atoms with Gasteiger partial charge in [0.2, 0.25) is 11.8 Å². The molecule has 24 heavy (non-hydrogen) atoms. The largest absolute Gasteiger partial charge is 0.420 e. The number of aromatic amines is 1. The smallest absolute Gasteiger partial charge is 0.244 e. The van der Waals surface area contributed by atoms with E-state index in [1.165, 1.54) is 0 Å². The fraction of sp³-hybridized carbons (Fsp3) is 0.263. The molecule has 0 unspecified atom stereocenters. The molecule has 0 bridgehead atoms. The molecule has 0 amide bonds. The minimum absolute atomic E-state index is 0.0855. The van der Waals surface area contributed by atoms with Crippen LogP contribution in [0.2, 0.25) is 0 Å². The Hall–Kier alpha value is -3.00. The molecule has 0 saturated carbocycles. The highest BCUT2D eigenvalue weighted by Gasteiger charge is 2.38. The normalized spacial score (nSPS) is 22.6. The van der Waals surface area contributed by atoms with Crippen molar-refractivity contribution in [3.63, 3.8) is 0 Å². The second-order valence-electron chi connectivity index (χ2n) is 6.20. The number of ether oxygens (including phenoxy) is 1. The van der Waals surface area contributed by atoms with E-state index in [4.69, 9.17) is 10.5 Å². The summed E-state index contributed by atoms with van der Waals surface area (Å²) in [5.74, 6) is 0.907. The van der Waals surface area contributed by atoms with Gasteiger partial charge in [-0.1, -0.05) is 42.5 Å². The molecule has 0 radical (unpaired) electrons. The van der Waals surface area contributed by atoms with Gasteiger partial charge in [0.1, 0.15) is 6.07 Å². The summed E-state index contributed by atoms with van der Waals surface area (Å²) in [4.78, 5) is 0. The first-order valence-corrected chi connectivity index (χ1v) is 8.16. The highest BCUT2D eigenvalue weighted by molar-refractivity contribution is 5.69. The Balaban J connectivity index is 1.87. The first-order chi connectivity index (χ1) is 11.8. The predicted molar refractivity (Wildman–Crippen MR) is 90.7 cm³/mol. The van der Waals surface area contributed by atoms with Crippen molar-refractivity contribution in [2.75, 3.05) is 0 Å². The highest BCUT2D eigenvalue weighted by atomic mass is 16.5. The maximum atomic E-state index is 9.67. The van der Waals surface area contributed by atoms with Crippen LogP contribution in [0.3, 0.4) is 0 Å². The number of hydrogen-bond acceptors (Lipinski definition) is 4. The van der Waals surface area contributed by atoms with Crippen LogP contribution < -0.4 is 10.5 Å². The van der Waals surface area contributed by atoms with Gasteiger partial charge in [-0.3, -0.25) is 5.10 Å². The van der Waals surface area contributed by atoms with E-state index in [1.54, 1.807) is 0 Å². The molecule has 3 N–H and O–H groups in total. The number of nitriles is 1. The van der Waals surface area contributed by atoms with Crippen molar-refractivity contribution >= 4 is 0 Å². The maximum Gasteiger partial charge on any atom is 0.244 e. The number of benzene rings is 1. The third kappa shape index (κ3) is 2.28. The average Bonchev–Trinajstić information content (AvgIpc) is 3.05. The molecule has 2 heterocycles. The first-order valence-electron chi connectivity index (χ1n) is 8.16. The standard InChI is InChI=1S/C19H18N4O/c20-11-14-15(12-7-3-1-4-8-12)16-17(13-9-5-2-6-10-13)22-23-19(16)24-18(14)21/h1-3,5-6,9-10,12,15H,4,7-8,21H2,(H,22,23)/t12-,15+/m1/s1. The first kappa shape index (κ1) is 14.6. The van der Waals surface area contributed by atoms with Crippen LogP contribution >= 0.6 is 0 Å². The number of nitrogens with zero attached hydrogens (tertiary/aromatic N) is 2. The summed E-state index contributed by atoms with van der Waals surface area (Å²) < 4.78 is 5.63. The molecule has 1 aliphatic carbocycles. The highest BCUT2D eigenvalue weighted by Crippen LogP contribution is 2.48. The lowest BCUT2D eigenvalue weighted by molar-refractivity contribution is 0.340. The van der Waals surface area contributed by atoms with Crippen LogP contribution in [-0.2, 0) is 0 Å². The molecular formula is C19H18N4O. The van der Waals surface area contributed by atoms with Crippen LogP contribution in [0.1, 0.15) is 30.7 Å². The van der Waals surface area contributed by atoms with Crippen LogP contribution in [0.15, 0.2) is 53.9 Å². The summed E-state index contributed by atoms with van der Waals surface area (Å²) in [5.41, 5.74) is 9.42. The number of rotatable bonds is 2. The summed E-state index contributed by atoms with van der Waals surface area (Å²) in [6.45, 7) is 0. The molecule has 1 aromatic heterocycles. The van der Waals surface area contributed by atoms with Gasteiger partial charge in [-0.2, -0.15) is 5.26 Å². The lowest BCUT2D eigenvalue weighted by atomic mass is 9.74. The second-order valence-corrected chi connectivity index (χ2v) is 6.20. The number of nitrogens with two attached hydrogens (primary N) is 1. The Kier molecular flexibility index (Phi) is 3.58. The topological polar surface area (TPSA) is 87.7 Å². The van der Waals surface area contributed by atoms with Crippen molar-refractivity contribution in [3.05, 3.63) is 59.5 Å². The average molecular weight is 318 g/mol. The molecule has 0 saturated heterocycles. The van der Waals surface area contributed by atoms with E-state index in [0.717, 1.165) is 36.1 Å². The molecular weight excluding hydrogens is 300 g/mol. The predicted octanol–water partition coefficient (Wildman–Crippen LogP) is 3.60. The Bertz CT molecular complexity index is 857. The Morgan fingerprint density at radius 2 is 2.08 bits per heavy atom. The zero-order valence-corrected chi connectivity index (χ0v) is 13.2. The van der Waals surface area contributed by atoms with Gasteiger partial charge >= 0.3 is 0 Å². The van der Waals surface area contributed by atoms with Gasteiger partial charge in [0, 0.05) is 5.92 Å². The van der Waals surface area contributed by atoms with E-state index in [2.05, 4.69) is 28.4 Å². The molecule has 5 heteroatoms. The molecule has 2 aromatic rings. The molecule has 5 nitrogen and oxygen atoms in total. The van der Waals surface area contributed by atoms with Crippen LogP contribution in [0.5, 0.6) is 5.88 Å². The number of fused-ring (bicyclic) bond motifs is 1. The van der Waals surface area contributed by atoms with Crippen LogP contribution in [0.4, 0.5) is 0 Å². The number of allylic oxidation sites excluding steroid dienone is 3. The number of nitrogens with one attached hydrogen (secondary N) is 1. The molecule has 1 aliphatic heterocycles. The SMILES string of the molecule is N#CC1=C(N)Oc2n[nH]c(-c3ccccc3)c2[C@H]1[C@@H]1CC=CCC1. The van der Waals surface area contributed by atoms with Crippen LogP contribution in [0.25, 0.3) is 11.3 Å². The molecule has 120 valence electrons. The summed E-state index contributed by atoms with van der Waals surface area (Å²) in [5, 5.41) is 17.1. The quantitative estimate of drug-likeness (QED) is 0.828. The number of H-pyrrole nitrogens is 1. The lowest BCUT2D eigenvalue weighted by Gasteiger charge is -2.31. The van der Waals surface area contributed by atoms with Gasteiger partial charge in [0.25, 0.3) is 0 Å². The summed E-state index contributed by atoms with van der Waals surface area (Å²) in [7, 11) is 0. The van der Waals surface area contributed by atoms with E-state index in [0.29, 0.717) is 17.4 Å². The molecule has 1 aromatic carbocycles. The third-order valence-corrected chi connectivity index (χ3v) is 4.83. The van der Waals surface area contributed by atoms with Crippen molar-refractivity contribution in [1.82, 2.24) is 10.2 Å². The van der Waals surface area contributed by atoms with Crippen molar-refractivity contribution in [3.8, 4) is 23.2 Å². The van der Waals surface area contributed by atoms with Gasteiger partial charge in [0.15, 0.2) is 0 Å². The molecule has 2 atom stereocenters. The van der Waals surface area contributed by atoms with E-state index in [9.17, 15) is 5.26 Å². The van der Waals surface area contributed by atoms with Crippen LogP contribution in [0, 0.1) is 17.2 Å². The number of hydrogen-bond donors (Lipinski definition) is 2. The van der Waals surface area contributed by atoms with E-state index in [-0.39, 0.29) is 11.8 Å². The van der Waals surface area contributed by atoms with Crippen molar-refractivity contribution in [2.45, 2.75) is 25.2 Å². The van der Waals surface area contributed by atoms with E-state index >= 15 is 0 Å². The molecule has 2 aliphatic rings. The van der Waals surface area contributed by atoms with Gasteiger partial charge in [-0.15, -0.1) is 5.10 Å². The summed E-state index contributed by atoms with van der Waals surface area (Å²) in [6, 6.07) is 12.3. The second kappa shape index (κ2) is 5.89. The maximum absolute atomic E-state index is 9.67. The van der Waals surface area contributed by atoms with Gasteiger partial charge in [-0.25, -0.2) is 0 Å². The monoisotopic (exact) mass is 318 g/mol. The molecule has 0 spiro atoms. The third-order valence-electron chi connectivity index (χ3n) is 4.83. The number of aromatic nitrogens is 2. The molecule has 0 fully saturated rings. The van der Waals surface area contributed by atoms with Crippen LogP contribution in [-0.4, -0.2) is 10.2 Å². The van der Waals surface area contributed by atoms with Crippen molar-refractivity contribution in [1.29, 1.82) is 5.26 Å². The van der Waals surface area contributed by atoms with E-state index in [1.807, 2.05) is 30.3 Å². The minimum atomic E-state index is -0.0855. The molecule has 4 rings (SSSR count). The fourth-order valence-corrected chi connectivity index (χ4v) is 3.70. The van der Waals surface area contributed by atoms with E-state index < -0.39 is 0 Å². The summed E-state index contributed by atoms with van der Waals surface area (Å²) in [6.07, 6.45) is 7.37. The Morgan fingerprint density at radius 1 is 1.25 bits per heavy atom.